The van der Waals surface area contributed by atoms with Crippen molar-refractivity contribution in [2.45, 2.75) is 47.8 Å². The molecule has 1 aromatic rings. The van der Waals surface area contributed by atoms with Gasteiger partial charge in [-0.15, -0.1) is 0 Å². The molecule has 1 aromatic carbocycles. The van der Waals surface area contributed by atoms with Crippen LogP contribution in [-0.4, -0.2) is 18.1 Å². The Morgan fingerprint density at radius 3 is 2.39 bits per heavy atom. The van der Waals surface area contributed by atoms with Crippen molar-refractivity contribution in [1.82, 2.24) is 0 Å². The number of sulfone groups is 1. The van der Waals surface area contributed by atoms with Crippen LogP contribution in [0.3, 0.4) is 0 Å². The molecule has 2 nitrogen and oxygen atoms in total. The van der Waals surface area contributed by atoms with Gasteiger partial charge in [-0.2, -0.15) is 0 Å². The van der Waals surface area contributed by atoms with Gasteiger partial charge in [0, 0.05) is 3.92 Å². The van der Waals surface area contributed by atoms with Gasteiger partial charge in [0.2, 0.25) is 0 Å². The Hall–Kier alpha value is -0.1000. The lowest BCUT2D eigenvalue weighted by Crippen LogP contribution is -2.16. The fourth-order valence-corrected chi connectivity index (χ4v) is 5.11. The average Bonchev–Trinajstić information content (AvgIpc) is 2.35. The highest BCUT2D eigenvalue weighted by Crippen LogP contribution is 2.19. The van der Waals surface area contributed by atoms with E-state index in [2.05, 4.69) is 29.5 Å². The molecule has 0 aliphatic heterocycles. The zero-order valence-corrected chi connectivity index (χ0v) is 13.8. The summed E-state index contributed by atoms with van der Waals surface area (Å²) in [6, 6.07) is 8.74. The summed E-state index contributed by atoms with van der Waals surface area (Å²) in [5.74, 6) is 0.254. The lowest BCUT2D eigenvalue weighted by atomic mass is 10.1. The van der Waals surface area contributed by atoms with E-state index in [1.165, 1.54) is 19.3 Å². The summed E-state index contributed by atoms with van der Waals surface area (Å²) in [7, 11) is -3.11. The quantitative estimate of drug-likeness (QED) is 0.384. The van der Waals surface area contributed by atoms with E-state index in [1.54, 1.807) is 24.3 Å². The number of hydrogen-bond acceptors (Lipinski definition) is 2. The van der Waals surface area contributed by atoms with Crippen molar-refractivity contribution in [2.24, 2.45) is 0 Å². The van der Waals surface area contributed by atoms with Gasteiger partial charge in [-0.1, -0.05) is 73.4 Å². The van der Waals surface area contributed by atoms with Gasteiger partial charge in [0.25, 0.3) is 0 Å². The number of halogens is 1. The number of alkyl halides is 1. The summed E-state index contributed by atoms with van der Waals surface area (Å²) in [5, 5.41) is 0. The first-order valence-electron chi connectivity index (χ1n) is 6.48. The number of unbranched alkanes of at least 4 members (excludes halogenated alkanes) is 3. The second-order valence-corrected chi connectivity index (χ2v) is 8.34. The minimum atomic E-state index is -3.11. The van der Waals surface area contributed by atoms with E-state index in [0.717, 1.165) is 12.8 Å². The third-order valence-electron chi connectivity index (χ3n) is 2.87. The fraction of sp³-hybridized carbons (Fsp3) is 0.571. The van der Waals surface area contributed by atoms with Crippen LogP contribution in [0, 0.1) is 0 Å². The van der Waals surface area contributed by atoms with Crippen LogP contribution in [-0.2, 0) is 9.84 Å². The molecule has 0 N–H and O–H groups in total. The van der Waals surface area contributed by atoms with E-state index >= 15 is 0 Å². The van der Waals surface area contributed by atoms with Crippen molar-refractivity contribution < 1.29 is 8.42 Å². The Labute approximate surface area is 124 Å². The summed E-state index contributed by atoms with van der Waals surface area (Å²) >= 11 is 2.27. The largest absolute Gasteiger partial charge is 0.224 e. The smallest absolute Gasteiger partial charge is 0.179 e. The molecule has 0 amide bonds. The Morgan fingerprint density at radius 2 is 1.78 bits per heavy atom. The summed E-state index contributed by atoms with van der Waals surface area (Å²) in [6.45, 7) is 2.18. The van der Waals surface area contributed by atoms with Crippen LogP contribution < -0.4 is 0 Å². The normalized spacial score (nSPS) is 13.4. The number of benzene rings is 1. The van der Waals surface area contributed by atoms with Gasteiger partial charge in [-0.05, 0) is 18.6 Å². The fourth-order valence-electron chi connectivity index (χ4n) is 1.84. The highest BCUT2D eigenvalue weighted by atomic mass is 127. The van der Waals surface area contributed by atoms with Crippen molar-refractivity contribution in [3.63, 3.8) is 0 Å². The minimum absolute atomic E-state index is 0.213. The van der Waals surface area contributed by atoms with Crippen LogP contribution in [0.2, 0.25) is 0 Å². The molecule has 18 heavy (non-hydrogen) atoms. The van der Waals surface area contributed by atoms with E-state index < -0.39 is 9.84 Å². The maximum Gasteiger partial charge on any atom is 0.179 e. The molecular formula is C14H21IO2S. The van der Waals surface area contributed by atoms with Gasteiger partial charge in [0.05, 0.1) is 10.6 Å². The number of rotatable bonds is 8. The molecule has 0 heterocycles. The third-order valence-corrected chi connectivity index (χ3v) is 6.37. The predicted molar refractivity (Wildman–Crippen MR) is 85.1 cm³/mol. The molecule has 1 rings (SSSR count). The Kier molecular flexibility index (Phi) is 7.22. The Bertz CT molecular complexity index is 428. The van der Waals surface area contributed by atoms with Crippen LogP contribution in [0.25, 0.3) is 0 Å². The monoisotopic (exact) mass is 380 g/mol. The first kappa shape index (κ1) is 16.0. The second-order valence-electron chi connectivity index (χ2n) is 4.54. The lowest BCUT2D eigenvalue weighted by molar-refractivity contribution is 0.588. The summed E-state index contributed by atoms with van der Waals surface area (Å²) in [5.41, 5.74) is 0. The molecule has 0 fully saturated rings. The van der Waals surface area contributed by atoms with Crippen molar-refractivity contribution in [2.75, 3.05) is 5.75 Å². The molecule has 1 atom stereocenters. The van der Waals surface area contributed by atoms with E-state index in [4.69, 9.17) is 0 Å². The van der Waals surface area contributed by atoms with Gasteiger partial charge in [-0.3, -0.25) is 0 Å². The first-order valence-corrected chi connectivity index (χ1v) is 9.38. The zero-order chi connectivity index (χ0) is 13.4. The highest BCUT2D eigenvalue weighted by molar-refractivity contribution is 14.1. The molecule has 0 saturated carbocycles. The van der Waals surface area contributed by atoms with E-state index in [0.29, 0.717) is 4.90 Å². The molecule has 0 aliphatic carbocycles. The maximum absolute atomic E-state index is 12.1. The second kappa shape index (κ2) is 8.15. The van der Waals surface area contributed by atoms with Crippen LogP contribution in [0.4, 0.5) is 0 Å². The van der Waals surface area contributed by atoms with Gasteiger partial charge in [0.1, 0.15) is 0 Å². The third kappa shape index (κ3) is 5.69. The SMILES string of the molecule is CCCCCCC(I)CS(=O)(=O)c1ccccc1. The topological polar surface area (TPSA) is 34.1 Å². The zero-order valence-electron chi connectivity index (χ0n) is 10.8. The Morgan fingerprint density at radius 1 is 1.11 bits per heavy atom. The van der Waals surface area contributed by atoms with Gasteiger partial charge < -0.3 is 0 Å². The molecule has 0 spiro atoms. The van der Waals surface area contributed by atoms with E-state index in [-0.39, 0.29) is 9.68 Å². The molecule has 0 radical (unpaired) electrons. The standard InChI is InChI=1S/C14H21IO2S/c1-2-3-4-6-9-13(15)12-18(16,17)14-10-7-5-8-11-14/h5,7-8,10-11,13H,2-4,6,9,12H2,1H3. The van der Waals surface area contributed by atoms with Gasteiger partial charge in [-0.25, -0.2) is 8.42 Å². The van der Waals surface area contributed by atoms with Crippen molar-refractivity contribution in [3.05, 3.63) is 30.3 Å². The molecule has 4 heteroatoms. The Balaban J connectivity index is 2.46. The molecule has 1 unspecified atom stereocenters. The summed E-state index contributed by atoms with van der Waals surface area (Å²) in [6.07, 6.45) is 5.79. The molecule has 102 valence electrons. The predicted octanol–water partition coefficient (Wildman–Crippen LogP) is 4.23. The highest BCUT2D eigenvalue weighted by Gasteiger charge is 2.18. The van der Waals surface area contributed by atoms with Crippen LogP contribution in [0.1, 0.15) is 39.0 Å². The summed E-state index contributed by atoms with van der Waals surface area (Å²) < 4.78 is 24.5. The maximum atomic E-state index is 12.1. The molecular weight excluding hydrogens is 359 g/mol. The van der Waals surface area contributed by atoms with E-state index in [9.17, 15) is 8.42 Å². The van der Waals surface area contributed by atoms with Gasteiger partial charge >= 0.3 is 0 Å². The van der Waals surface area contributed by atoms with Crippen molar-refractivity contribution in [3.8, 4) is 0 Å². The van der Waals surface area contributed by atoms with Crippen molar-refractivity contribution in [1.29, 1.82) is 0 Å². The average molecular weight is 380 g/mol. The van der Waals surface area contributed by atoms with Crippen molar-refractivity contribution >= 4 is 32.4 Å². The lowest BCUT2D eigenvalue weighted by Gasteiger charge is -2.10. The minimum Gasteiger partial charge on any atom is -0.224 e. The molecule has 0 aliphatic rings. The van der Waals surface area contributed by atoms with Crippen LogP contribution >= 0.6 is 22.6 Å². The molecule has 0 aromatic heterocycles. The van der Waals surface area contributed by atoms with E-state index in [1.807, 2.05) is 6.07 Å². The van der Waals surface area contributed by atoms with Gasteiger partial charge in [0.15, 0.2) is 9.84 Å². The molecule has 0 saturated heterocycles. The first-order chi connectivity index (χ1) is 8.56. The number of hydrogen-bond donors (Lipinski definition) is 0. The van der Waals surface area contributed by atoms with Crippen LogP contribution in [0.15, 0.2) is 35.2 Å². The molecule has 0 bridgehead atoms. The summed E-state index contributed by atoms with van der Waals surface area (Å²) in [4.78, 5) is 0.445. The van der Waals surface area contributed by atoms with Crippen LogP contribution in [0.5, 0.6) is 0 Å².